The minimum atomic E-state index is -0.870. The van der Waals surface area contributed by atoms with Gasteiger partial charge in [-0.1, -0.05) is 19.1 Å². The molecule has 1 unspecified atom stereocenters. The summed E-state index contributed by atoms with van der Waals surface area (Å²) in [6.45, 7) is 2.48. The number of phenolic OH excluding ortho intramolecular Hbond substituents is 1. The third-order valence-electron chi connectivity index (χ3n) is 3.95. The molecule has 1 aliphatic rings. The molecule has 3 atom stereocenters. The fourth-order valence-corrected chi connectivity index (χ4v) is 2.68. The van der Waals surface area contributed by atoms with Crippen molar-refractivity contribution >= 4 is 11.9 Å². The summed E-state index contributed by atoms with van der Waals surface area (Å²) in [6, 6.07) is 5.83. The van der Waals surface area contributed by atoms with Crippen LogP contribution in [0.2, 0.25) is 0 Å². The molecule has 21 heavy (non-hydrogen) atoms. The van der Waals surface area contributed by atoms with Gasteiger partial charge in [-0.2, -0.15) is 0 Å². The van der Waals surface area contributed by atoms with Gasteiger partial charge in [-0.3, -0.25) is 9.59 Å². The molecule has 0 radical (unpaired) electrons. The minimum Gasteiger partial charge on any atom is -0.508 e. The maximum Gasteiger partial charge on any atom is 0.308 e. The summed E-state index contributed by atoms with van der Waals surface area (Å²) in [5, 5.41) is 18.3. The van der Waals surface area contributed by atoms with Crippen molar-refractivity contribution in [3.63, 3.8) is 0 Å². The average molecular weight is 292 g/mol. The number of amides is 1. The number of phenols is 1. The van der Waals surface area contributed by atoms with E-state index in [2.05, 4.69) is 0 Å². The van der Waals surface area contributed by atoms with Gasteiger partial charge in [0.15, 0.2) is 0 Å². The highest BCUT2D eigenvalue weighted by atomic mass is 16.4. The number of hydrogen-bond acceptors (Lipinski definition) is 4. The highest BCUT2D eigenvalue weighted by Crippen LogP contribution is 2.24. The molecule has 1 heterocycles. The Kier molecular flexibility index (Phi) is 4.47. The van der Waals surface area contributed by atoms with Gasteiger partial charge in [-0.25, -0.2) is 0 Å². The second kappa shape index (κ2) is 6.13. The lowest BCUT2D eigenvalue weighted by molar-refractivity contribution is -0.142. The second-order valence-electron chi connectivity index (χ2n) is 5.64. The molecule has 2 rings (SSSR count). The van der Waals surface area contributed by atoms with Crippen LogP contribution in [-0.2, 0) is 16.0 Å². The zero-order valence-electron chi connectivity index (χ0n) is 11.9. The number of carbonyl (C=O) groups excluding carboxylic acids is 1. The molecule has 1 saturated heterocycles. The van der Waals surface area contributed by atoms with Crippen molar-refractivity contribution < 1.29 is 19.8 Å². The van der Waals surface area contributed by atoms with E-state index in [1.807, 2.05) is 6.92 Å². The Bertz CT molecular complexity index is 529. The van der Waals surface area contributed by atoms with Crippen LogP contribution in [0.25, 0.3) is 0 Å². The molecule has 4 N–H and O–H groups in total. The lowest BCUT2D eigenvalue weighted by atomic mass is 9.99. The van der Waals surface area contributed by atoms with Crippen LogP contribution in [0.3, 0.4) is 0 Å². The van der Waals surface area contributed by atoms with E-state index >= 15 is 0 Å². The Morgan fingerprint density at radius 2 is 1.95 bits per heavy atom. The molecule has 0 aliphatic carbocycles. The number of likely N-dealkylation sites (tertiary alicyclic amines) is 1. The third kappa shape index (κ3) is 3.52. The maximum atomic E-state index is 12.3. The number of hydrogen-bond donors (Lipinski definition) is 3. The molecular formula is C15H20N2O4. The van der Waals surface area contributed by atoms with Crippen molar-refractivity contribution in [1.82, 2.24) is 4.90 Å². The topological polar surface area (TPSA) is 104 Å². The van der Waals surface area contributed by atoms with Gasteiger partial charge in [0.2, 0.25) is 5.91 Å². The van der Waals surface area contributed by atoms with Crippen LogP contribution >= 0.6 is 0 Å². The molecule has 1 aromatic carbocycles. The van der Waals surface area contributed by atoms with Crippen LogP contribution in [-0.4, -0.2) is 46.1 Å². The van der Waals surface area contributed by atoms with Gasteiger partial charge < -0.3 is 20.8 Å². The van der Waals surface area contributed by atoms with Crippen LogP contribution in [0.1, 0.15) is 12.5 Å². The first-order valence-electron chi connectivity index (χ1n) is 6.93. The summed E-state index contributed by atoms with van der Waals surface area (Å²) in [5.74, 6) is -1.51. The number of nitrogens with zero attached hydrogens (tertiary/aromatic N) is 1. The Balaban J connectivity index is 1.97. The Morgan fingerprint density at radius 1 is 1.33 bits per heavy atom. The molecular weight excluding hydrogens is 272 g/mol. The second-order valence-corrected chi connectivity index (χ2v) is 5.64. The first-order chi connectivity index (χ1) is 9.88. The van der Waals surface area contributed by atoms with Crippen molar-refractivity contribution in [2.75, 3.05) is 13.1 Å². The van der Waals surface area contributed by atoms with E-state index in [0.29, 0.717) is 13.0 Å². The number of carboxylic acids is 1. The van der Waals surface area contributed by atoms with Crippen LogP contribution < -0.4 is 5.73 Å². The third-order valence-corrected chi connectivity index (χ3v) is 3.95. The highest BCUT2D eigenvalue weighted by Gasteiger charge is 2.38. The van der Waals surface area contributed by atoms with Gasteiger partial charge in [0.1, 0.15) is 5.75 Å². The molecule has 1 amide bonds. The van der Waals surface area contributed by atoms with E-state index in [1.54, 1.807) is 24.3 Å². The number of rotatable bonds is 4. The molecule has 0 aromatic heterocycles. The number of nitrogens with two attached hydrogens (primary N) is 1. The summed E-state index contributed by atoms with van der Waals surface area (Å²) in [5.41, 5.74) is 6.79. The number of aromatic hydroxyl groups is 1. The minimum absolute atomic E-state index is 0.0627. The number of aliphatic carboxylic acids is 1. The van der Waals surface area contributed by atoms with Crippen molar-refractivity contribution in [2.24, 2.45) is 17.6 Å². The van der Waals surface area contributed by atoms with Crippen molar-refractivity contribution in [3.8, 4) is 5.75 Å². The van der Waals surface area contributed by atoms with Gasteiger partial charge in [-0.05, 0) is 30.0 Å². The molecule has 0 saturated carbocycles. The van der Waals surface area contributed by atoms with Crippen molar-refractivity contribution in [3.05, 3.63) is 29.8 Å². The van der Waals surface area contributed by atoms with E-state index < -0.39 is 17.9 Å². The number of benzene rings is 1. The molecule has 1 fully saturated rings. The summed E-state index contributed by atoms with van der Waals surface area (Å²) >= 11 is 0. The van der Waals surface area contributed by atoms with Gasteiger partial charge in [0.25, 0.3) is 0 Å². The fraction of sp³-hybridized carbons (Fsp3) is 0.467. The van der Waals surface area contributed by atoms with E-state index in [1.165, 1.54) is 4.90 Å². The molecule has 0 bridgehead atoms. The summed E-state index contributed by atoms with van der Waals surface area (Å²) in [7, 11) is 0. The Morgan fingerprint density at radius 3 is 2.48 bits per heavy atom. The summed E-state index contributed by atoms with van der Waals surface area (Å²) in [6.07, 6.45) is 0.363. The SMILES string of the molecule is C[C@@H]1CN(C(=O)C(N)Cc2ccc(O)cc2)C[C@H]1C(=O)O. The van der Waals surface area contributed by atoms with Crippen LogP contribution in [0.5, 0.6) is 5.75 Å². The van der Waals surface area contributed by atoms with E-state index in [4.69, 9.17) is 10.8 Å². The molecule has 114 valence electrons. The molecule has 6 heteroatoms. The lowest BCUT2D eigenvalue weighted by Crippen LogP contribution is -2.44. The van der Waals surface area contributed by atoms with Gasteiger partial charge in [0, 0.05) is 13.1 Å². The van der Waals surface area contributed by atoms with E-state index in [-0.39, 0.29) is 24.1 Å². The molecule has 1 aromatic rings. The van der Waals surface area contributed by atoms with Crippen molar-refractivity contribution in [2.45, 2.75) is 19.4 Å². The normalized spacial score (nSPS) is 23.0. The van der Waals surface area contributed by atoms with Gasteiger partial charge in [-0.15, -0.1) is 0 Å². The molecule has 0 spiro atoms. The van der Waals surface area contributed by atoms with Gasteiger partial charge in [0.05, 0.1) is 12.0 Å². The zero-order chi connectivity index (χ0) is 15.6. The molecule has 6 nitrogen and oxygen atoms in total. The number of carbonyl (C=O) groups is 2. The maximum absolute atomic E-state index is 12.3. The Labute approximate surface area is 123 Å². The first-order valence-corrected chi connectivity index (χ1v) is 6.93. The van der Waals surface area contributed by atoms with E-state index in [9.17, 15) is 14.7 Å². The predicted octanol–water partition coefficient (Wildman–Crippen LogP) is 0.441. The van der Waals surface area contributed by atoms with Crippen LogP contribution in [0.4, 0.5) is 0 Å². The zero-order valence-corrected chi connectivity index (χ0v) is 11.9. The van der Waals surface area contributed by atoms with Gasteiger partial charge >= 0.3 is 5.97 Å². The monoisotopic (exact) mass is 292 g/mol. The summed E-state index contributed by atoms with van der Waals surface area (Å²) in [4.78, 5) is 24.9. The number of carboxylic acid groups (broad SMARTS) is 1. The lowest BCUT2D eigenvalue weighted by Gasteiger charge is -2.20. The fourth-order valence-electron chi connectivity index (χ4n) is 2.68. The molecule has 1 aliphatic heterocycles. The predicted molar refractivity (Wildman–Crippen MR) is 76.7 cm³/mol. The first kappa shape index (κ1) is 15.3. The van der Waals surface area contributed by atoms with Crippen LogP contribution in [0.15, 0.2) is 24.3 Å². The highest BCUT2D eigenvalue weighted by molar-refractivity contribution is 5.83. The smallest absolute Gasteiger partial charge is 0.308 e. The average Bonchev–Trinajstić information content (AvgIpc) is 2.82. The summed E-state index contributed by atoms with van der Waals surface area (Å²) < 4.78 is 0. The van der Waals surface area contributed by atoms with Crippen molar-refractivity contribution in [1.29, 1.82) is 0 Å². The van der Waals surface area contributed by atoms with Crippen LogP contribution in [0, 0.1) is 11.8 Å². The van der Waals surface area contributed by atoms with E-state index in [0.717, 1.165) is 5.56 Å². The standard InChI is InChI=1S/C15H20N2O4/c1-9-7-17(8-12(9)15(20)21)14(19)13(16)6-10-2-4-11(18)5-3-10/h2-5,9,12-13,18H,6-8,16H2,1H3,(H,20,21)/t9-,12-,13?/m1/s1. The quantitative estimate of drug-likeness (QED) is 0.747. The largest absolute Gasteiger partial charge is 0.508 e. The Hall–Kier alpha value is -2.08.